The highest BCUT2D eigenvalue weighted by Crippen LogP contribution is 2.20. The van der Waals surface area contributed by atoms with Crippen LogP contribution in [0.25, 0.3) is 0 Å². The Morgan fingerprint density at radius 3 is 2.59 bits per heavy atom. The molecule has 9 heteroatoms. The molecular weight excluding hydrogens is 341 g/mol. The molecule has 0 saturated carbocycles. The standard InChI is InChI=1S/C13H17F3N2O2S.ClH/c14-10-3-4-11(13(16)12(10)15)21(19,20)18-7-5-9-2-1-6-17-8-9;/h3-4,9,17-18H,1-2,5-8H2;1H. The first-order valence-corrected chi connectivity index (χ1v) is 8.24. The van der Waals surface area contributed by atoms with E-state index in [2.05, 4.69) is 10.0 Å². The van der Waals surface area contributed by atoms with E-state index in [0.717, 1.165) is 32.0 Å². The molecule has 1 aliphatic heterocycles. The first kappa shape index (κ1) is 19.2. The predicted octanol–water partition coefficient (Wildman–Crippen LogP) is 2.19. The quantitative estimate of drug-likeness (QED) is 0.793. The van der Waals surface area contributed by atoms with Gasteiger partial charge in [-0.1, -0.05) is 0 Å². The van der Waals surface area contributed by atoms with Gasteiger partial charge in [-0.2, -0.15) is 0 Å². The van der Waals surface area contributed by atoms with Gasteiger partial charge in [-0.3, -0.25) is 0 Å². The van der Waals surface area contributed by atoms with E-state index in [-0.39, 0.29) is 19.0 Å². The van der Waals surface area contributed by atoms with Crippen LogP contribution in [0, 0.1) is 23.4 Å². The summed E-state index contributed by atoms with van der Waals surface area (Å²) in [6.45, 7) is 1.91. The summed E-state index contributed by atoms with van der Waals surface area (Å²) < 4.78 is 65.4. The van der Waals surface area contributed by atoms with Crippen molar-refractivity contribution < 1.29 is 21.6 Å². The van der Waals surface area contributed by atoms with Crippen LogP contribution in [-0.4, -0.2) is 28.1 Å². The summed E-state index contributed by atoms with van der Waals surface area (Å²) in [7, 11) is -4.18. The van der Waals surface area contributed by atoms with Gasteiger partial charge in [0.1, 0.15) is 4.90 Å². The van der Waals surface area contributed by atoms with Crippen LogP contribution in [0.3, 0.4) is 0 Å². The number of rotatable bonds is 5. The average molecular weight is 359 g/mol. The molecule has 0 bridgehead atoms. The molecular formula is C13H18ClF3N2O2S. The summed E-state index contributed by atoms with van der Waals surface area (Å²) in [6, 6.07) is 1.32. The van der Waals surface area contributed by atoms with Gasteiger partial charge in [-0.25, -0.2) is 26.3 Å². The number of hydrogen-bond acceptors (Lipinski definition) is 3. The van der Waals surface area contributed by atoms with E-state index in [4.69, 9.17) is 0 Å². The van der Waals surface area contributed by atoms with Crippen molar-refractivity contribution in [1.29, 1.82) is 0 Å². The SMILES string of the molecule is Cl.O=S(=O)(NCCC1CCCNC1)c1ccc(F)c(F)c1F. The molecule has 0 aromatic heterocycles. The fourth-order valence-electron chi connectivity index (χ4n) is 2.36. The lowest BCUT2D eigenvalue weighted by molar-refractivity contribution is 0.358. The van der Waals surface area contributed by atoms with Crippen LogP contribution < -0.4 is 10.0 Å². The Morgan fingerprint density at radius 2 is 1.95 bits per heavy atom. The number of benzene rings is 1. The van der Waals surface area contributed by atoms with E-state index in [1.54, 1.807) is 0 Å². The molecule has 1 atom stereocenters. The molecule has 1 aromatic rings. The Balaban J connectivity index is 0.00000242. The lowest BCUT2D eigenvalue weighted by Crippen LogP contribution is -2.33. The first-order valence-electron chi connectivity index (χ1n) is 6.75. The molecule has 0 aliphatic carbocycles. The van der Waals surface area contributed by atoms with Crippen LogP contribution in [0.5, 0.6) is 0 Å². The maximum absolute atomic E-state index is 13.5. The van der Waals surface area contributed by atoms with Gasteiger partial charge < -0.3 is 5.32 Å². The van der Waals surface area contributed by atoms with Gasteiger partial charge in [-0.15, -0.1) is 12.4 Å². The minimum atomic E-state index is -4.18. The van der Waals surface area contributed by atoms with Gasteiger partial charge in [0, 0.05) is 6.54 Å². The molecule has 126 valence electrons. The molecule has 22 heavy (non-hydrogen) atoms. The van der Waals surface area contributed by atoms with E-state index in [1.807, 2.05) is 0 Å². The number of sulfonamides is 1. The van der Waals surface area contributed by atoms with Crippen molar-refractivity contribution in [2.75, 3.05) is 19.6 Å². The van der Waals surface area contributed by atoms with Crippen molar-refractivity contribution in [3.05, 3.63) is 29.6 Å². The Hall–Kier alpha value is -0.830. The summed E-state index contributed by atoms with van der Waals surface area (Å²) in [5.74, 6) is -4.54. The van der Waals surface area contributed by atoms with Crippen molar-refractivity contribution in [2.45, 2.75) is 24.2 Å². The van der Waals surface area contributed by atoms with Gasteiger partial charge in [0.25, 0.3) is 0 Å². The van der Waals surface area contributed by atoms with E-state index >= 15 is 0 Å². The fourth-order valence-corrected chi connectivity index (χ4v) is 3.48. The van der Waals surface area contributed by atoms with Gasteiger partial charge in [-0.05, 0) is 50.4 Å². The zero-order chi connectivity index (χ0) is 15.5. The number of hydrogen-bond donors (Lipinski definition) is 2. The molecule has 2 rings (SSSR count). The molecule has 4 nitrogen and oxygen atoms in total. The molecule has 1 heterocycles. The van der Waals surface area contributed by atoms with Gasteiger partial charge in [0.15, 0.2) is 17.5 Å². The van der Waals surface area contributed by atoms with Crippen LogP contribution in [0.2, 0.25) is 0 Å². The molecule has 1 aliphatic rings. The van der Waals surface area contributed by atoms with Crippen LogP contribution in [0.1, 0.15) is 19.3 Å². The van der Waals surface area contributed by atoms with Gasteiger partial charge >= 0.3 is 0 Å². The number of halogens is 4. The third kappa shape index (κ3) is 4.58. The molecule has 2 N–H and O–H groups in total. The minimum Gasteiger partial charge on any atom is -0.316 e. The highest BCUT2D eigenvalue weighted by atomic mass is 35.5. The van der Waals surface area contributed by atoms with E-state index in [9.17, 15) is 21.6 Å². The van der Waals surface area contributed by atoms with E-state index < -0.39 is 32.4 Å². The second kappa shape index (κ2) is 8.14. The maximum atomic E-state index is 13.5. The third-order valence-electron chi connectivity index (χ3n) is 3.53. The topological polar surface area (TPSA) is 58.2 Å². The molecule has 1 unspecified atom stereocenters. The zero-order valence-corrected chi connectivity index (χ0v) is 13.4. The van der Waals surface area contributed by atoms with Crippen molar-refractivity contribution in [3.8, 4) is 0 Å². The summed E-state index contributed by atoms with van der Waals surface area (Å²) in [4.78, 5) is -0.872. The van der Waals surface area contributed by atoms with Crippen LogP contribution in [0.4, 0.5) is 13.2 Å². The molecule has 0 amide bonds. The largest absolute Gasteiger partial charge is 0.316 e. The highest BCUT2D eigenvalue weighted by molar-refractivity contribution is 7.89. The normalized spacial score (nSPS) is 18.8. The average Bonchev–Trinajstić information content (AvgIpc) is 2.45. The third-order valence-corrected chi connectivity index (χ3v) is 5.01. The summed E-state index contributed by atoms with van der Waals surface area (Å²) in [5, 5.41) is 3.21. The summed E-state index contributed by atoms with van der Waals surface area (Å²) >= 11 is 0. The minimum absolute atomic E-state index is 0. The lowest BCUT2D eigenvalue weighted by atomic mass is 9.96. The van der Waals surface area contributed by atoms with Crippen LogP contribution >= 0.6 is 12.4 Å². The first-order chi connectivity index (χ1) is 9.92. The monoisotopic (exact) mass is 358 g/mol. The summed E-state index contributed by atoms with van der Waals surface area (Å²) in [6.07, 6.45) is 2.65. The summed E-state index contributed by atoms with van der Waals surface area (Å²) in [5.41, 5.74) is 0. The Kier molecular flexibility index (Phi) is 7.11. The zero-order valence-electron chi connectivity index (χ0n) is 11.7. The number of piperidine rings is 1. The van der Waals surface area contributed by atoms with E-state index in [1.165, 1.54) is 0 Å². The van der Waals surface area contributed by atoms with Crippen molar-refractivity contribution in [2.24, 2.45) is 5.92 Å². The molecule has 1 fully saturated rings. The molecule has 0 radical (unpaired) electrons. The van der Waals surface area contributed by atoms with Crippen molar-refractivity contribution >= 4 is 22.4 Å². The van der Waals surface area contributed by atoms with Crippen LogP contribution in [-0.2, 0) is 10.0 Å². The highest BCUT2D eigenvalue weighted by Gasteiger charge is 2.24. The second-order valence-electron chi connectivity index (χ2n) is 5.07. The lowest BCUT2D eigenvalue weighted by Gasteiger charge is -2.22. The Bertz CT molecular complexity index is 608. The van der Waals surface area contributed by atoms with Crippen molar-refractivity contribution in [1.82, 2.24) is 10.0 Å². The fraction of sp³-hybridized carbons (Fsp3) is 0.538. The molecule has 1 saturated heterocycles. The molecule has 0 spiro atoms. The Morgan fingerprint density at radius 1 is 1.23 bits per heavy atom. The maximum Gasteiger partial charge on any atom is 0.243 e. The molecule has 1 aromatic carbocycles. The predicted molar refractivity (Wildman–Crippen MR) is 79.0 cm³/mol. The second-order valence-corrected chi connectivity index (χ2v) is 6.81. The Labute approximate surface area is 133 Å². The van der Waals surface area contributed by atoms with E-state index in [0.29, 0.717) is 18.4 Å². The smallest absolute Gasteiger partial charge is 0.243 e. The van der Waals surface area contributed by atoms with Crippen molar-refractivity contribution in [3.63, 3.8) is 0 Å². The van der Waals surface area contributed by atoms with Gasteiger partial charge in [0.2, 0.25) is 10.0 Å². The van der Waals surface area contributed by atoms with Gasteiger partial charge in [0.05, 0.1) is 0 Å². The van der Waals surface area contributed by atoms with Crippen LogP contribution in [0.15, 0.2) is 17.0 Å². The number of nitrogens with one attached hydrogen (secondary N) is 2.